The highest BCUT2D eigenvalue weighted by Crippen LogP contribution is 2.30. The maximum absolute atomic E-state index is 12.8. The third kappa shape index (κ3) is 5.45. The first-order valence-electron chi connectivity index (χ1n) is 8.73. The number of hydrogen-bond acceptors (Lipinski definition) is 2. The van der Waals surface area contributed by atoms with Gasteiger partial charge in [-0.3, -0.25) is 4.79 Å². The van der Waals surface area contributed by atoms with Crippen LogP contribution in [0.1, 0.15) is 65.2 Å². The summed E-state index contributed by atoms with van der Waals surface area (Å²) in [6, 6.07) is 0.441. The van der Waals surface area contributed by atoms with Gasteiger partial charge in [-0.2, -0.15) is 0 Å². The monoisotopic (exact) mass is 316 g/mol. The fourth-order valence-corrected chi connectivity index (χ4v) is 3.93. The van der Waals surface area contributed by atoms with Gasteiger partial charge in [0, 0.05) is 25.0 Å². The second-order valence-corrected chi connectivity index (χ2v) is 6.82. The molecule has 2 atom stereocenters. The summed E-state index contributed by atoms with van der Waals surface area (Å²) in [5.74, 6) is 1.42. The number of hydrogen-bond donors (Lipinski definition) is 1. The van der Waals surface area contributed by atoms with Crippen LogP contribution < -0.4 is 5.32 Å². The molecule has 4 heteroatoms. The first-order valence-corrected chi connectivity index (χ1v) is 8.73. The van der Waals surface area contributed by atoms with Gasteiger partial charge in [-0.15, -0.1) is 12.4 Å². The van der Waals surface area contributed by atoms with Crippen LogP contribution in [0.25, 0.3) is 0 Å². The summed E-state index contributed by atoms with van der Waals surface area (Å²) >= 11 is 0. The molecule has 2 rings (SSSR count). The zero-order valence-corrected chi connectivity index (χ0v) is 14.6. The molecule has 1 saturated carbocycles. The molecule has 0 bridgehead atoms. The third-order valence-corrected chi connectivity index (χ3v) is 5.06. The number of carbonyl (C=O) groups is 1. The Morgan fingerprint density at radius 1 is 1.24 bits per heavy atom. The Morgan fingerprint density at radius 3 is 2.52 bits per heavy atom. The Labute approximate surface area is 136 Å². The van der Waals surface area contributed by atoms with Crippen molar-refractivity contribution < 1.29 is 4.79 Å². The molecule has 0 aromatic heterocycles. The summed E-state index contributed by atoms with van der Waals surface area (Å²) in [7, 11) is 0. The van der Waals surface area contributed by atoms with E-state index in [9.17, 15) is 4.79 Å². The molecule has 1 aliphatic carbocycles. The number of carbonyl (C=O) groups excluding carboxylic acids is 1. The molecule has 124 valence electrons. The molecule has 0 radical (unpaired) electrons. The highest BCUT2D eigenvalue weighted by molar-refractivity contribution is 5.85. The largest absolute Gasteiger partial charge is 0.338 e. The SMILES string of the molecule is CCCN(C(=O)C(C)CC1CCCCC1)C1CCNC1.Cl. The number of halogens is 1. The van der Waals surface area contributed by atoms with Crippen LogP contribution in [-0.4, -0.2) is 36.5 Å². The van der Waals surface area contributed by atoms with Gasteiger partial charge in [0.2, 0.25) is 5.91 Å². The predicted octanol–water partition coefficient (Wildman–Crippen LogP) is 3.62. The van der Waals surface area contributed by atoms with Crippen molar-refractivity contribution in [1.29, 1.82) is 0 Å². The van der Waals surface area contributed by atoms with E-state index in [0.29, 0.717) is 11.9 Å². The molecule has 1 saturated heterocycles. The molecule has 2 unspecified atom stereocenters. The zero-order valence-electron chi connectivity index (χ0n) is 13.8. The molecule has 3 nitrogen and oxygen atoms in total. The quantitative estimate of drug-likeness (QED) is 0.811. The predicted molar refractivity (Wildman–Crippen MR) is 90.9 cm³/mol. The van der Waals surface area contributed by atoms with Gasteiger partial charge < -0.3 is 10.2 Å². The van der Waals surface area contributed by atoms with Crippen molar-refractivity contribution in [2.45, 2.75) is 71.3 Å². The molecular weight excluding hydrogens is 284 g/mol. The molecule has 0 spiro atoms. The van der Waals surface area contributed by atoms with Crippen LogP contribution in [0.15, 0.2) is 0 Å². The average Bonchev–Trinajstić information content (AvgIpc) is 2.99. The Morgan fingerprint density at radius 2 is 1.95 bits per heavy atom. The highest BCUT2D eigenvalue weighted by Gasteiger charge is 2.30. The van der Waals surface area contributed by atoms with Crippen molar-refractivity contribution in [3.63, 3.8) is 0 Å². The van der Waals surface area contributed by atoms with Crippen LogP contribution in [0.2, 0.25) is 0 Å². The van der Waals surface area contributed by atoms with E-state index in [0.717, 1.165) is 44.8 Å². The highest BCUT2D eigenvalue weighted by atomic mass is 35.5. The summed E-state index contributed by atoms with van der Waals surface area (Å²) in [6.45, 7) is 7.31. The van der Waals surface area contributed by atoms with E-state index in [2.05, 4.69) is 24.1 Å². The van der Waals surface area contributed by atoms with Gasteiger partial charge in [-0.05, 0) is 31.7 Å². The summed E-state index contributed by atoms with van der Waals surface area (Å²) in [4.78, 5) is 15.0. The lowest BCUT2D eigenvalue weighted by Crippen LogP contribution is -2.44. The molecule has 1 amide bonds. The van der Waals surface area contributed by atoms with Crippen LogP contribution >= 0.6 is 12.4 Å². The molecule has 0 aromatic rings. The van der Waals surface area contributed by atoms with Crippen molar-refractivity contribution in [3.8, 4) is 0 Å². The Bertz CT molecular complexity index is 299. The van der Waals surface area contributed by atoms with Crippen molar-refractivity contribution in [2.75, 3.05) is 19.6 Å². The fourth-order valence-electron chi connectivity index (χ4n) is 3.93. The minimum Gasteiger partial charge on any atom is -0.338 e. The molecule has 1 aliphatic heterocycles. The minimum atomic E-state index is 0. The number of nitrogens with one attached hydrogen (secondary N) is 1. The molecule has 21 heavy (non-hydrogen) atoms. The third-order valence-electron chi connectivity index (χ3n) is 5.06. The second kappa shape index (κ2) is 9.68. The van der Waals surface area contributed by atoms with Gasteiger partial charge in [0.25, 0.3) is 0 Å². The summed E-state index contributed by atoms with van der Waals surface area (Å²) < 4.78 is 0. The smallest absolute Gasteiger partial charge is 0.225 e. The Balaban J connectivity index is 0.00000220. The molecule has 0 aromatic carbocycles. The number of amides is 1. The Hall–Kier alpha value is -0.280. The van der Waals surface area contributed by atoms with Crippen LogP contribution in [0, 0.1) is 11.8 Å². The number of nitrogens with zero attached hydrogens (tertiary/aromatic N) is 1. The van der Waals surface area contributed by atoms with Crippen LogP contribution in [-0.2, 0) is 4.79 Å². The van der Waals surface area contributed by atoms with Gasteiger partial charge in [0.05, 0.1) is 0 Å². The van der Waals surface area contributed by atoms with Crippen LogP contribution in [0.3, 0.4) is 0 Å². The van der Waals surface area contributed by atoms with Gasteiger partial charge in [0.15, 0.2) is 0 Å². The fraction of sp³-hybridized carbons (Fsp3) is 0.941. The van der Waals surface area contributed by atoms with Crippen LogP contribution in [0.5, 0.6) is 0 Å². The first kappa shape index (κ1) is 18.8. The lowest BCUT2D eigenvalue weighted by Gasteiger charge is -2.32. The maximum Gasteiger partial charge on any atom is 0.225 e. The van der Waals surface area contributed by atoms with E-state index in [-0.39, 0.29) is 18.3 Å². The van der Waals surface area contributed by atoms with Crippen molar-refractivity contribution in [2.24, 2.45) is 11.8 Å². The Kier molecular flexibility index (Phi) is 8.65. The maximum atomic E-state index is 12.8. The van der Waals surface area contributed by atoms with Gasteiger partial charge in [-0.1, -0.05) is 46.0 Å². The van der Waals surface area contributed by atoms with Gasteiger partial charge in [0.1, 0.15) is 0 Å². The minimum absolute atomic E-state index is 0. The van der Waals surface area contributed by atoms with Crippen LogP contribution in [0.4, 0.5) is 0 Å². The van der Waals surface area contributed by atoms with E-state index < -0.39 is 0 Å². The van der Waals surface area contributed by atoms with Crippen molar-refractivity contribution >= 4 is 18.3 Å². The van der Waals surface area contributed by atoms with E-state index in [1.807, 2.05) is 0 Å². The number of rotatable bonds is 6. The van der Waals surface area contributed by atoms with Crippen molar-refractivity contribution in [3.05, 3.63) is 0 Å². The normalized spacial score (nSPS) is 24.4. The van der Waals surface area contributed by atoms with E-state index in [1.54, 1.807) is 0 Å². The molecular formula is C17H33ClN2O. The summed E-state index contributed by atoms with van der Waals surface area (Å²) in [6.07, 6.45) is 10.1. The van der Waals surface area contributed by atoms with Gasteiger partial charge >= 0.3 is 0 Å². The van der Waals surface area contributed by atoms with E-state index >= 15 is 0 Å². The molecule has 2 aliphatic rings. The van der Waals surface area contributed by atoms with E-state index in [1.165, 1.54) is 32.1 Å². The summed E-state index contributed by atoms with van der Waals surface area (Å²) in [5.41, 5.74) is 0. The first-order chi connectivity index (χ1) is 9.72. The topological polar surface area (TPSA) is 32.3 Å². The lowest BCUT2D eigenvalue weighted by molar-refractivity contribution is -0.137. The summed E-state index contributed by atoms with van der Waals surface area (Å²) in [5, 5.41) is 3.39. The lowest BCUT2D eigenvalue weighted by atomic mass is 9.83. The second-order valence-electron chi connectivity index (χ2n) is 6.82. The zero-order chi connectivity index (χ0) is 14.4. The molecule has 2 fully saturated rings. The average molecular weight is 317 g/mol. The standard InChI is InChI=1S/C17H32N2O.ClH/c1-3-11-19(16-9-10-18-13-16)17(20)14(2)12-15-7-5-4-6-8-15;/h14-16,18H,3-13H2,1-2H3;1H. The van der Waals surface area contributed by atoms with Gasteiger partial charge in [-0.25, -0.2) is 0 Å². The molecule has 1 N–H and O–H groups in total. The van der Waals surface area contributed by atoms with Crippen molar-refractivity contribution in [1.82, 2.24) is 10.2 Å². The van der Waals surface area contributed by atoms with E-state index in [4.69, 9.17) is 0 Å². The molecule has 1 heterocycles.